The van der Waals surface area contributed by atoms with E-state index in [9.17, 15) is 0 Å². The second-order valence-corrected chi connectivity index (χ2v) is 5.59. The standard InChI is InChI=1S/C16H20N4.CH.Mn/c1-19-9-13-5-3-7-15(17-13)11-20(2)12-16-8-4-6-14(10-19)18-16;;/h3-8H,9-12H2,1-2H3;1H;. The molecule has 0 N–H and O–H groups in total. The SMILES string of the molecule is CN1Cc2cccc(n2)CN(C)Cc2cccc(n2)C1.[CH]#[Mn]. The van der Waals surface area contributed by atoms with Crippen molar-refractivity contribution in [1.29, 1.82) is 0 Å². The van der Waals surface area contributed by atoms with Crippen molar-refractivity contribution >= 4 is 0 Å². The normalized spacial score (nSPS) is 15.9. The van der Waals surface area contributed by atoms with E-state index in [1.54, 1.807) is 0 Å². The molecule has 4 bridgehead atoms. The van der Waals surface area contributed by atoms with Crippen LogP contribution in [0, 0.1) is 5.23 Å². The fraction of sp³-hybridized carbons (Fsp3) is 0.353. The number of aromatic nitrogens is 2. The molecule has 0 saturated heterocycles. The van der Waals surface area contributed by atoms with Crippen molar-refractivity contribution in [2.45, 2.75) is 26.2 Å². The van der Waals surface area contributed by atoms with Gasteiger partial charge >= 0.3 is 20.6 Å². The van der Waals surface area contributed by atoms with E-state index in [1.807, 2.05) is 0 Å². The van der Waals surface area contributed by atoms with Gasteiger partial charge in [0.15, 0.2) is 0 Å². The summed E-state index contributed by atoms with van der Waals surface area (Å²) in [6, 6.07) is 12.6. The Morgan fingerprint density at radius 3 is 1.27 bits per heavy atom. The topological polar surface area (TPSA) is 32.3 Å². The van der Waals surface area contributed by atoms with Gasteiger partial charge in [0.05, 0.1) is 22.8 Å². The third-order valence-corrected chi connectivity index (χ3v) is 3.46. The Balaban J connectivity index is 0.000000847. The molecule has 4 nitrogen and oxygen atoms in total. The zero-order valence-electron chi connectivity index (χ0n) is 13.0. The van der Waals surface area contributed by atoms with Crippen LogP contribution in [0.15, 0.2) is 36.4 Å². The van der Waals surface area contributed by atoms with Crippen LogP contribution in [0.3, 0.4) is 0 Å². The second kappa shape index (κ2) is 8.23. The van der Waals surface area contributed by atoms with Crippen molar-refractivity contribution in [2.24, 2.45) is 0 Å². The van der Waals surface area contributed by atoms with Gasteiger partial charge in [-0.25, -0.2) is 0 Å². The van der Waals surface area contributed by atoms with E-state index in [2.05, 4.69) is 80.9 Å². The summed E-state index contributed by atoms with van der Waals surface area (Å²) in [6.45, 7) is 3.40. The predicted molar refractivity (Wildman–Crippen MR) is 83.8 cm³/mol. The van der Waals surface area contributed by atoms with Crippen molar-refractivity contribution in [1.82, 2.24) is 19.8 Å². The van der Waals surface area contributed by atoms with E-state index in [0.29, 0.717) is 0 Å². The molecule has 22 heavy (non-hydrogen) atoms. The molecule has 0 fully saturated rings. The van der Waals surface area contributed by atoms with Crippen molar-refractivity contribution in [3.8, 4) is 5.23 Å². The van der Waals surface area contributed by atoms with Gasteiger partial charge < -0.3 is 0 Å². The van der Waals surface area contributed by atoms with Gasteiger partial charge in [0.25, 0.3) is 0 Å². The Hall–Kier alpha value is -1.48. The third-order valence-electron chi connectivity index (χ3n) is 3.46. The zero-order valence-corrected chi connectivity index (χ0v) is 14.2. The Morgan fingerprint density at radius 2 is 1.00 bits per heavy atom. The number of pyridine rings is 2. The number of nitrogens with zero attached hydrogens (tertiary/aromatic N) is 4. The summed E-state index contributed by atoms with van der Waals surface area (Å²) < 4.78 is 0. The van der Waals surface area contributed by atoms with Crippen LogP contribution in [-0.2, 0) is 41.6 Å². The van der Waals surface area contributed by atoms with Gasteiger partial charge in [0, 0.05) is 26.2 Å². The Morgan fingerprint density at radius 1 is 0.727 bits per heavy atom. The molecule has 3 rings (SSSR count). The van der Waals surface area contributed by atoms with Crippen LogP contribution in [0.2, 0.25) is 0 Å². The fourth-order valence-electron chi connectivity index (χ4n) is 2.63. The maximum absolute atomic E-state index is 4.74. The molecule has 0 spiro atoms. The van der Waals surface area contributed by atoms with E-state index < -0.39 is 0 Å². The maximum atomic E-state index is 4.74. The Kier molecular flexibility index (Phi) is 6.32. The number of fused-ring (bicyclic) bond motifs is 4. The monoisotopic (exact) mass is 336 g/mol. The molecule has 116 valence electrons. The molecule has 5 heteroatoms. The summed E-state index contributed by atoms with van der Waals surface area (Å²) in [4.78, 5) is 14.0. The van der Waals surface area contributed by atoms with Crippen LogP contribution in [0.1, 0.15) is 22.8 Å². The van der Waals surface area contributed by atoms with Gasteiger partial charge in [0.2, 0.25) is 0 Å². The van der Waals surface area contributed by atoms with E-state index in [4.69, 9.17) is 9.97 Å². The van der Waals surface area contributed by atoms with Gasteiger partial charge in [-0.1, -0.05) is 12.1 Å². The van der Waals surface area contributed by atoms with E-state index in [0.717, 1.165) is 49.0 Å². The van der Waals surface area contributed by atoms with E-state index in [1.165, 1.54) is 0 Å². The Labute approximate surface area is 140 Å². The van der Waals surface area contributed by atoms with E-state index >= 15 is 0 Å². The molecular weight excluding hydrogens is 315 g/mol. The first-order valence-corrected chi connectivity index (χ1v) is 7.86. The number of hydrogen-bond donors (Lipinski definition) is 0. The molecule has 1 aliphatic rings. The van der Waals surface area contributed by atoms with Crippen LogP contribution >= 0.6 is 0 Å². The minimum absolute atomic E-state index is 0.851. The summed E-state index contributed by atoms with van der Waals surface area (Å²) in [5.74, 6) is 0. The molecule has 3 heterocycles. The summed E-state index contributed by atoms with van der Waals surface area (Å²) in [6.07, 6.45) is 0. The third kappa shape index (κ3) is 4.77. The van der Waals surface area contributed by atoms with Crippen molar-refractivity contribution in [2.75, 3.05) is 14.1 Å². The molecular formula is C17H21MnN4. The van der Waals surface area contributed by atoms with Crippen molar-refractivity contribution < 1.29 is 15.4 Å². The molecule has 2 aromatic heterocycles. The van der Waals surface area contributed by atoms with Gasteiger partial charge in [-0.3, -0.25) is 19.8 Å². The van der Waals surface area contributed by atoms with Gasteiger partial charge in [-0.2, -0.15) is 0 Å². The molecule has 0 saturated carbocycles. The van der Waals surface area contributed by atoms with Gasteiger partial charge in [-0.05, 0) is 38.4 Å². The molecule has 0 aromatic carbocycles. The second-order valence-electron chi connectivity index (χ2n) is 5.59. The predicted octanol–water partition coefficient (Wildman–Crippen LogP) is 2.18. The summed E-state index contributed by atoms with van der Waals surface area (Å²) in [7, 11) is 4.22. The molecule has 0 amide bonds. The molecule has 0 atom stereocenters. The first kappa shape index (κ1) is 16.9. The van der Waals surface area contributed by atoms with E-state index in [-0.39, 0.29) is 0 Å². The summed E-state index contributed by atoms with van der Waals surface area (Å²) in [5.41, 5.74) is 4.48. The average Bonchev–Trinajstić information content (AvgIpc) is 2.48. The van der Waals surface area contributed by atoms with Gasteiger partial charge in [0.1, 0.15) is 0 Å². The van der Waals surface area contributed by atoms with Crippen LogP contribution < -0.4 is 0 Å². The first-order valence-electron chi connectivity index (χ1n) is 7.17. The van der Waals surface area contributed by atoms with Crippen LogP contribution in [0.25, 0.3) is 0 Å². The van der Waals surface area contributed by atoms with Gasteiger partial charge in [-0.15, -0.1) is 0 Å². The number of hydrogen-bond acceptors (Lipinski definition) is 4. The molecule has 0 aliphatic carbocycles. The average molecular weight is 336 g/mol. The van der Waals surface area contributed by atoms with Crippen LogP contribution in [0.4, 0.5) is 0 Å². The van der Waals surface area contributed by atoms with Crippen LogP contribution in [-0.4, -0.2) is 33.9 Å². The quantitative estimate of drug-likeness (QED) is 0.691. The molecule has 2 aromatic rings. The summed E-state index contributed by atoms with van der Waals surface area (Å²) in [5, 5.41) is 4.31. The van der Waals surface area contributed by atoms with Crippen LogP contribution in [0.5, 0.6) is 0 Å². The number of rotatable bonds is 0. The van der Waals surface area contributed by atoms with Crippen molar-refractivity contribution in [3.05, 3.63) is 59.2 Å². The van der Waals surface area contributed by atoms with Crippen molar-refractivity contribution in [3.63, 3.8) is 0 Å². The Bertz CT molecular complexity index is 545. The summed E-state index contributed by atoms with van der Waals surface area (Å²) >= 11 is 2.44. The fourth-order valence-corrected chi connectivity index (χ4v) is 2.63. The minimum atomic E-state index is 0.851. The molecule has 1 aliphatic heterocycles. The molecule has 0 radical (unpaired) electrons. The zero-order chi connectivity index (χ0) is 15.9. The first-order chi connectivity index (χ1) is 10.7. The molecule has 0 unspecified atom stereocenters.